The first-order valence-electron chi connectivity index (χ1n) is 5.43. The molecule has 0 amide bonds. The molecule has 76 valence electrons. The van der Waals surface area contributed by atoms with Crippen LogP contribution in [0.5, 0.6) is 0 Å². The Hall–Kier alpha value is -0.860. The van der Waals surface area contributed by atoms with E-state index in [1.165, 1.54) is 11.1 Å². The van der Waals surface area contributed by atoms with Crippen LogP contribution >= 0.6 is 0 Å². The van der Waals surface area contributed by atoms with Gasteiger partial charge in [-0.2, -0.15) is 0 Å². The number of likely N-dealkylation sites (N-methyl/N-ethyl adjacent to an activating group) is 1. The van der Waals surface area contributed by atoms with Gasteiger partial charge >= 0.3 is 0 Å². The Morgan fingerprint density at radius 1 is 1.43 bits per heavy atom. The quantitative estimate of drug-likeness (QED) is 0.756. The highest BCUT2D eigenvalue weighted by Crippen LogP contribution is 2.25. The average molecular weight is 192 g/mol. The maximum Gasteiger partial charge on any atom is 0.131 e. The minimum absolute atomic E-state index is 0.305. The van der Waals surface area contributed by atoms with Crippen molar-refractivity contribution >= 4 is 0 Å². The van der Waals surface area contributed by atoms with Crippen molar-refractivity contribution in [2.75, 3.05) is 19.7 Å². The first-order chi connectivity index (χ1) is 6.92. The molecule has 0 unspecified atom stereocenters. The Kier molecular flexibility index (Phi) is 3.17. The van der Waals surface area contributed by atoms with E-state index in [4.69, 9.17) is 4.74 Å². The zero-order valence-corrected chi connectivity index (χ0v) is 8.70. The molecular weight excluding hydrogens is 174 g/mol. The first-order valence-corrected chi connectivity index (χ1v) is 5.43. The minimum atomic E-state index is 0.305. The van der Waals surface area contributed by atoms with Gasteiger partial charge in [-0.05, 0) is 24.5 Å². The van der Waals surface area contributed by atoms with E-state index >= 15 is 0 Å². The molecule has 2 heteroatoms. The third-order valence-corrected chi connectivity index (χ3v) is 2.76. The summed E-state index contributed by atoms with van der Waals surface area (Å²) in [4.78, 5) is 0. The van der Waals surface area contributed by atoms with Crippen LogP contribution in [0.1, 0.15) is 24.2 Å². The predicted molar refractivity (Wildman–Crippen MR) is 56.2 cm³/mol. The molecule has 0 fully saturated rings. The van der Waals surface area contributed by atoms with E-state index in [-0.39, 0.29) is 0 Å². The molecular formula is C12H18NO+. The maximum absolute atomic E-state index is 5.78. The smallest absolute Gasteiger partial charge is 0.131 e. The van der Waals surface area contributed by atoms with Gasteiger partial charge in [-0.3, -0.25) is 0 Å². The van der Waals surface area contributed by atoms with Crippen molar-refractivity contribution < 1.29 is 10.1 Å². The van der Waals surface area contributed by atoms with Crippen molar-refractivity contribution in [1.29, 1.82) is 0 Å². The van der Waals surface area contributed by atoms with Crippen LogP contribution in [0.25, 0.3) is 0 Å². The van der Waals surface area contributed by atoms with E-state index in [2.05, 4.69) is 36.5 Å². The molecule has 0 saturated carbocycles. The number of hydrogen-bond acceptors (Lipinski definition) is 1. The number of quaternary nitrogens is 1. The number of nitrogens with two attached hydrogens (primary N) is 1. The number of hydrogen-bond donors (Lipinski definition) is 1. The SMILES string of the molecule is CC[NH2+]C[C@@H]1OCCc2ccccc21. The summed E-state index contributed by atoms with van der Waals surface area (Å²) >= 11 is 0. The van der Waals surface area contributed by atoms with E-state index in [1.54, 1.807) is 0 Å². The van der Waals surface area contributed by atoms with E-state index in [0.29, 0.717) is 6.10 Å². The van der Waals surface area contributed by atoms with E-state index in [1.807, 2.05) is 0 Å². The summed E-state index contributed by atoms with van der Waals surface area (Å²) in [5.74, 6) is 0. The zero-order valence-electron chi connectivity index (χ0n) is 8.70. The lowest BCUT2D eigenvalue weighted by molar-refractivity contribution is -0.659. The lowest BCUT2D eigenvalue weighted by Gasteiger charge is -2.24. The van der Waals surface area contributed by atoms with Crippen molar-refractivity contribution in [2.45, 2.75) is 19.4 Å². The molecule has 0 aromatic heterocycles. The minimum Gasteiger partial charge on any atom is -0.367 e. The zero-order chi connectivity index (χ0) is 9.80. The predicted octanol–water partition coefficient (Wildman–Crippen LogP) is 0.884. The summed E-state index contributed by atoms with van der Waals surface area (Å²) in [6.07, 6.45) is 1.37. The fourth-order valence-corrected chi connectivity index (χ4v) is 1.99. The van der Waals surface area contributed by atoms with Crippen molar-refractivity contribution in [3.05, 3.63) is 35.4 Å². The summed E-state index contributed by atoms with van der Waals surface area (Å²) in [5.41, 5.74) is 2.86. The van der Waals surface area contributed by atoms with Crippen LogP contribution in [-0.2, 0) is 11.2 Å². The second-order valence-electron chi connectivity index (χ2n) is 3.74. The largest absolute Gasteiger partial charge is 0.367 e. The van der Waals surface area contributed by atoms with Crippen LogP contribution in [0.2, 0.25) is 0 Å². The van der Waals surface area contributed by atoms with Crippen LogP contribution < -0.4 is 5.32 Å². The molecule has 1 aliphatic heterocycles. The van der Waals surface area contributed by atoms with Crippen LogP contribution in [0.3, 0.4) is 0 Å². The number of ether oxygens (including phenoxy) is 1. The van der Waals surface area contributed by atoms with E-state index in [9.17, 15) is 0 Å². The van der Waals surface area contributed by atoms with Crippen molar-refractivity contribution in [1.82, 2.24) is 0 Å². The second kappa shape index (κ2) is 4.58. The van der Waals surface area contributed by atoms with Crippen molar-refractivity contribution in [3.8, 4) is 0 Å². The van der Waals surface area contributed by atoms with Gasteiger partial charge in [0.15, 0.2) is 0 Å². The normalized spacial score (nSPS) is 20.5. The van der Waals surface area contributed by atoms with Gasteiger partial charge in [0.25, 0.3) is 0 Å². The Balaban J connectivity index is 2.14. The number of benzene rings is 1. The fraction of sp³-hybridized carbons (Fsp3) is 0.500. The van der Waals surface area contributed by atoms with Gasteiger partial charge in [0, 0.05) is 0 Å². The van der Waals surface area contributed by atoms with Gasteiger partial charge in [-0.1, -0.05) is 24.3 Å². The van der Waals surface area contributed by atoms with Crippen LogP contribution in [0.4, 0.5) is 0 Å². The molecule has 0 spiro atoms. The van der Waals surface area contributed by atoms with Crippen molar-refractivity contribution in [3.63, 3.8) is 0 Å². The topological polar surface area (TPSA) is 25.8 Å². The Labute approximate surface area is 85.3 Å². The van der Waals surface area contributed by atoms with Crippen LogP contribution in [-0.4, -0.2) is 19.7 Å². The molecule has 14 heavy (non-hydrogen) atoms. The standard InChI is InChI=1S/C12H17NO/c1-2-13-9-12-11-6-4-3-5-10(11)7-8-14-12/h3-6,12-13H,2,7-9H2,1H3/p+1/t12-/m0/s1. The maximum atomic E-state index is 5.78. The summed E-state index contributed by atoms with van der Waals surface area (Å²) < 4.78 is 5.78. The summed E-state index contributed by atoms with van der Waals surface area (Å²) in [6.45, 7) is 5.23. The van der Waals surface area contributed by atoms with E-state index < -0.39 is 0 Å². The van der Waals surface area contributed by atoms with Gasteiger partial charge < -0.3 is 10.1 Å². The summed E-state index contributed by atoms with van der Waals surface area (Å²) in [7, 11) is 0. The third kappa shape index (κ3) is 1.97. The molecule has 0 aliphatic carbocycles. The van der Waals surface area contributed by atoms with Crippen LogP contribution in [0, 0.1) is 0 Å². The molecule has 0 bridgehead atoms. The van der Waals surface area contributed by atoms with Gasteiger partial charge in [0.2, 0.25) is 0 Å². The highest BCUT2D eigenvalue weighted by molar-refractivity contribution is 5.30. The molecule has 1 aliphatic rings. The second-order valence-corrected chi connectivity index (χ2v) is 3.74. The molecule has 2 rings (SSSR count). The van der Waals surface area contributed by atoms with Crippen LogP contribution in [0.15, 0.2) is 24.3 Å². The molecule has 1 aromatic rings. The van der Waals surface area contributed by atoms with Gasteiger partial charge in [-0.15, -0.1) is 0 Å². The monoisotopic (exact) mass is 192 g/mol. The first kappa shape index (κ1) is 9.69. The van der Waals surface area contributed by atoms with Gasteiger partial charge in [0.1, 0.15) is 12.6 Å². The lowest BCUT2D eigenvalue weighted by Crippen LogP contribution is -2.84. The number of rotatable bonds is 3. The molecule has 1 heterocycles. The van der Waals surface area contributed by atoms with Crippen molar-refractivity contribution in [2.24, 2.45) is 0 Å². The Morgan fingerprint density at radius 2 is 2.29 bits per heavy atom. The molecule has 2 N–H and O–H groups in total. The Bertz CT molecular complexity index is 298. The highest BCUT2D eigenvalue weighted by Gasteiger charge is 2.20. The Morgan fingerprint density at radius 3 is 3.14 bits per heavy atom. The van der Waals surface area contributed by atoms with Gasteiger partial charge in [0.05, 0.1) is 13.2 Å². The summed E-state index contributed by atoms with van der Waals surface area (Å²) in [5, 5.41) is 2.30. The average Bonchev–Trinajstić information content (AvgIpc) is 2.26. The molecule has 0 saturated heterocycles. The molecule has 0 radical (unpaired) electrons. The lowest BCUT2D eigenvalue weighted by atomic mass is 9.98. The fourth-order valence-electron chi connectivity index (χ4n) is 1.99. The molecule has 1 aromatic carbocycles. The number of fused-ring (bicyclic) bond motifs is 1. The molecule has 1 atom stereocenters. The van der Waals surface area contributed by atoms with E-state index in [0.717, 1.165) is 26.1 Å². The van der Waals surface area contributed by atoms with Gasteiger partial charge in [-0.25, -0.2) is 0 Å². The summed E-state index contributed by atoms with van der Waals surface area (Å²) in [6, 6.07) is 8.64. The molecule has 2 nitrogen and oxygen atoms in total. The third-order valence-electron chi connectivity index (χ3n) is 2.76. The highest BCUT2D eigenvalue weighted by atomic mass is 16.5.